The van der Waals surface area contributed by atoms with E-state index in [1.165, 1.54) is 0 Å². The monoisotopic (exact) mass is 187 g/mol. The number of hydrogen-bond acceptors (Lipinski definition) is 4. The van der Waals surface area contributed by atoms with E-state index in [1.807, 2.05) is 0 Å². The quantitative estimate of drug-likeness (QED) is 0.631. The van der Waals surface area contributed by atoms with Gasteiger partial charge in [0.15, 0.2) is 0 Å². The van der Waals surface area contributed by atoms with E-state index in [0.29, 0.717) is 13.2 Å². The molecule has 0 bridgehead atoms. The largest absolute Gasteiger partial charge is 0.465 e. The fraction of sp³-hybridized carbons (Fsp3) is 0.714. The van der Waals surface area contributed by atoms with Gasteiger partial charge >= 0.3 is 12.2 Å². The van der Waals surface area contributed by atoms with Gasteiger partial charge in [-0.05, 0) is 0 Å². The summed E-state index contributed by atoms with van der Waals surface area (Å²) >= 11 is 0. The molecule has 6 nitrogen and oxygen atoms in total. The number of hydrogen-bond donors (Lipinski definition) is 1. The highest BCUT2D eigenvalue weighted by Gasteiger charge is 2.44. The number of nitrogens with zero attached hydrogens (tertiary/aromatic N) is 1. The number of ether oxygens (including phenoxy) is 2. The predicted molar refractivity (Wildman–Crippen MR) is 39.3 cm³/mol. The highest BCUT2D eigenvalue weighted by Crippen LogP contribution is 2.25. The Bertz CT molecular complexity index is 249. The maximum absolute atomic E-state index is 11.0. The second-order valence-corrected chi connectivity index (χ2v) is 3.09. The minimum atomic E-state index is -1.25. The molecule has 72 valence electrons. The van der Waals surface area contributed by atoms with E-state index < -0.39 is 12.2 Å². The van der Waals surface area contributed by atoms with Gasteiger partial charge in [0.2, 0.25) is 0 Å². The zero-order valence-electron chi connectivity index (χ0n) is 6.80. The molecule has 2 saturated heterocycles. The van der Waals surface area contributed by atoms with Gasteiger partial charge in [-0.2, -0.15) is 0 Å². The molecule has 0 radical (unpaired) electrons. The van der Waals surface area contributed by atoms with Gasteiger partial charge in [-0.1, -0.05) is 0 Å². The third kappa shape index (κ3) is 1.23. The number of rotatable bonds is 1. The second kappa shape index (κ2) is 2.88. The molecule has 1 N–H and O–H groups in total. The average Bonchev–Trinajstić information content (AvgIpc) is 2.28. The molecule has 2 rings (SSSR count). The van der Waals surface area contributed by atoms with Gasteiger partial charge in [-0.15, -0.1) is 0 Å². The number of imide groups is 1. The lowest BCUT2D eigenvalue weighted by atomic mass is 9.98. The fourth-order valence-electron chi connectivity index (χ4n) is 1.48. The zero-order valence-corrected chi connectivity index (χ0v) is 6.80. The number of carbonyl (C=O) groups is 2. The Balaban J connectivity index is 2.09. The van der Waals surface area contributed by atoms with Crippen molar-refractivity contribution in [2.75, 3.05) is 19.8 Å². The summed E-state index contributed by atoms with van der Waals surface area (Å²) in [7, 11) is 0. The molecule has 2 amide bonds. The lowest BCUT2D eigenvalue weighted by Crippen LogP contribution is -2.49. The van der Waals surface area contributed by atoms with Crippen molar-refractivity contribution in [1.29, 1.82) is 0 Å². The standard InChI is InChI=1S/C7H9NO5/c9-6(10)8-5(3-13-7(8)11)4-1-12-2-4/h4-5H,1-3H2,(H,9,10). The Morgan fingerprint density at radius 3 is 2.62 bits per heavy atom. The summed E-state index contributed by atoms with van der Waals surface area (Å²) < 4.78 is 9.57. The Morgan fingerprint density at radius 2 is 2.15 bits per heavy atom. The van der Waals surface area contributed by atoms with Crippen LogP contribution >= 0.6 is 0 Å². The van der Waals surface area contributed by atoms with Crippen molar-refractivity contribution in [3.05, 3.63) is 0 Å². The van der Waals surface area contributed by atoms with Crippen LogP contribution in [0.1, 0.15) is 0 Å². The highest BCUT2D eigenvalue weighted by molar-refractivity contribution is 5.88. The van der Waals surface area contributed by atoms with Crippen molar-refractivity contribution in [2.24, 2.45) is 5.92 Å². The highest BCUT2D eigenvalue weighted by atomic mass is 16.6. The van der Waals surface area contributed by atoms with Crippen LogP contribution in [0.3, 0.4) is 0 Å². The molecule has 0 saturated carbocycles. The molecule has 2 heterocycles. The maximum atomic E-state index is 11.0. The SMILES string of the molecule is O=C(O)N1C(=O)OCC1C1COC1. The molecule has 1 unspecified atom stereocenters. The van der Waals surface area contributed by atoms with Crippen molar-refractivity contribution < 1.29 is 24.2 Å². The van der Waals surface area contributed by atoms with Crippen molar-refractivity contribution in [2.45, 2.75) is 6.04 Å². The number of amides is 2. The molecule has 0 aromatic rings. The normalized spacial score (nSPS) is 28.5. The molecule has 0 aliphatic carbocycles. The van der Waals surface area contributed by atoms with E-state index >= 15 is 0 Å². The van der Waals surface area contributed by atoms with Crippen LogP contribution in [-0.4, -0.2) is 48.1 Å². The lowest BCUT2D eigenvalue weighted by molar-refractivity contribution is -0.0595. The topological polar surface area (TPSA) is 76.1 Å². The lowest BCUT2D eigenvalue weighted by Gasteiger charge is -2.32. The predicted octanol–water partition coefficient (Wildman–Crippen LogP) is 0.132. The molecule has 2 fully saturated rings. The van der Waals surface area contributed by atoms with Crippen molar-refractivity contribution in [3.8, 4) is 0 Å². The fourth-order valence-corrected chi connectivity index (χ4v) is 1.48. The average molecular weight is 187 g/mol. The molecular formula is C7H9NO5. The van der Waals surface area contributed by atoms with Gasteiger partial charge in [0.1, 0.15) is 6.61 Å². The summed E-state index contributed by atoms with van der Waals surface area (Å²) in [5.41, 5.74) is 0. The molecule has 1 atom stereocenters. The van der Waals surface area contributed by atoms with Crippen LogP contribution in [0.15, 0.2) is 0 Å². The maximum Gasteiger partial charge on any atom is 0.419 e. The van der Waals surface area contributed by atoms with E-state index in [-0.39, 0.29) is 18.6 Å². The van der Waals surface area contributed by atoms with Crippen molar-refractivity contribution in [3.63, 3.8) is 0 Å². The van der Waals surface area contributed by atoms with Gasteiger partial charge in [-0.25, -0.2) is 14.5 Å². The minimum absolute atomic E-state index is 0.0996. The van der Waals surface area contributed by atoms with Gasteiger partial charge in [-0.3, -0.25) is 0 Å². The van der Waals surface area contributed by atoms with Crippen LogP contribution in [0.25, 0.3) is 0 Å². The summed E-state index contributed by atoms with van der Waals surface area (Å²) in [6, 6.07) is -0.362. The van der Waals surface area contributed by atoms with E-state index in [4.69, 9.17) is 9.84 Å². The minimum Gasteiger partial charge on any atom is -0.465 e. The first-order valence-corrected chi connectivity index (χ1v) is 3.97. The molecule has 2 aliphatic heterocycles. The molecule has 2 aliphatic rings. The Morgan fingerprint density at radius 1 is 1.46 bits per heavy atom. The van der Waals surface area contributed by atoms with Gasteiger partial charge in [0.25, 0.3) is 0 Å². The zero-order chi connectivity index (χ0) is 9.42. The Kier molecular flexibility index (Phi) is 1.84. The van der Waals surface area contributed by atoms with Crippen LogP contribution in [0.2, 0.25) is 0 Å². The summed E-state index contributed by atoms with van der Waals surface area (Å²) in [6.45, 7) is 1.16. The summed E-state index contributed by atoms with van der Waals surface area (Å²) in [6.07, 6.45) is -2.02. The Hall–Kier alpha value is -1.30. The van der Waals surface area contributed by atoms with Gasteiger partial charge in [0, 0.05) is 5.92 Å². The van der Waals surface area contributed by atoms with E-state index in [1.54, 1.807) is 0 Å². The first-order chi connectivity index (χ1) is 6.20. The van der Waals surface area contributed by atoms with Crippen LogP contribution in [0.4, 0.5) is 9.59 Å². The van der Waals surface area contributed by atoms with E-state index in [9.17, 15) is 9.59 Å². The third-order valence-corrected chi connectivity index (χ3v) is 2.32. The van der Waals surface area contributed by atoms with E-state index in [0.717, 1.165) is 4.90 Å². The smallest absolute Gasteiger partial charge is 0.419 e. The van der Waals surface area contributed by atoms with Gasteiger partial charge in [0.05, 0.1) is 19.3 Å². The number of cyclic esters (lactones) is 1. The second-order valence-electron chi connectivity index (χ2n) is 3.09. The van der Waals surface area contributed by atoms with Gasteiger partial charge < -0.3 is 14.6 Å². The Labute approximate surface area is 74.0 Å². The molecule has 0 aromatic carbocycles. The molecular weight excluding hydrogens is 178 g/mol. The molecule has 6 heteroatoms. The van der Waals surface area contributed by atoms with Crippen LogP contribution in [-0.2, 0) is 9.47 Å². The number of carboxylic acid groups (broad SMARTS) is 1. The molecule has 0 aromatic heterocycles. The van der Waals surface area contributed by atoms with E-state index in [2.05, 4.69) is 4.74 Å². The van der Waals surface area contributed by atoms with Crippen molar-refractivity contribution in [1.82, 2.24) is 4.90 Å². The first kappa shape index (κ1) is 8.31. The third-order valence-electron chi connectivity index (χ3n) is 2.32. The summed E-state index contributed by atoms with van der Waals surface area (Å²) in [5.74, 6) is 0.0996. The first-order valence-electron chi connectivity index (χ1n) is 3.97. The van der Waals surface area contributed by atoms with Crippen LogP contribution in [0.5, 0.6) is 0 Å². The van der Waals surface area contributed by atoms with Crippen molar-refractivity contribution >= 4 is 12.2 Å². The number of carbonyl (C=O) groups excluding carboxylic acids is 1. The molecule has 0 spiro atoms. The molecule has 13 heavy (non-hydrogen) atoms. The summed E-state index contributed by atoms with van der Waals surface area (Å²) in [5, 5.41) is 8.71. The van der Waals surface area contributed by atoms with Crippen LogP contribution < -0.4 is 0 Å². The summed E-state index contributed by atoms with van der Waals surface area (Å²) in [4.78, 5) is 22.3. The van der Waals surface area contributed by atoms with Crippen LogP contribution in [0, 0.1) is 5.92 Å².